The van der Waals surface area contributed by atoms with Gasteiger partial charge in [0.1, 0.15) is 6.61 Å². The van der Waals surface area contributed by atoms with Gasteiger partial charge in [0, 0.05) is 0 Å². The van der Waals surface area contributed by atoms with Gasteiger partial charge in [-0.2, -0.15) is 0 Å². The SMILES string of the molecule is CC#CC(=O)CNC(=O)OCc1ccccc1. The molecule has 4 nitrogen and oxygen atoms in total. The number of hydrogen-bond donors (Lipinski definition) is 1. The van der Waals surface area contributed by atoms with Crippen molar-refractivity contribution in [1.29, 1.82) is 0 Å². The number of carbonyl (C=O) groups is 2. The van der Waals surface area contributed by atoms with E-state index < -0.39 is 6.09 Å². The molecule has 1 amide bonds. The summed E-state index contributed by atoms with van der Waals surface area (Å²) in [4.78, 5) is 22.2. The van der Waals surface area contributed by atoms with Gasteiger partial charge in [-0.05, 0) is 18.4 Å². The first-order chi connectivity index (χ1) is 8.22. The number of hydrogen-bond acceptors (Lipinski definition) is 3. The van der Waals surface area contributed by atoms with E-state index >= 15 is 0 Å². The molecule has 0 heterocycles. The molecule has 0 aromatic heterocycles. The predicted molar refractivity (Wildman–Crippen MR) is 63.1 cm³/mol. The highest BCUT2D eigenvalue weighted by Crippen LogP contribution is 2.00. The number of benzene rings is 1. The van der Waals surface area contributed by atoms with Crippen LogP contribution in [-0.4, -0.2) is 18.4 Å². The summed E-state index contributed by atoms with van der Waals surface area (Å²) < 4.78 is 4.91. The van der Waals surface area contributed by atoms with E-state index in [2.05, 4.69) is 17.2 Å². The van der Waals surface area contributed by atoms with Crippen LogP contribution in [0.25, 0.3) is 0 Å². The number of amides is 1. The minimum absolute atomic E-state index is 0.130. The van der Waals surface area contributed by atoms with Gasteiger partial charge in [-0.1, -0.05) is 36.3 Å². The number of Topliss-reactive ketones (excluding diaryl/α,β-unsaturated/α-hetero) is 1. The monoisotopic (exact) mass is 231 g/mol. The molecule has 1 aromatic carbocycles. The maximum atomic E-state index is 11.2. The van der Waals surface area contributed by atoms with E-state index in [-0.39, 0.29) is 18.9 Å². The minimum Gasteiger partial charge on any atom is -0.445 e. The predicted octanol–water partition coefficient (Wildman–Crippen LogP) is 1.51. The van der Waals surface area contributed by atoms with Crippen LogP contribution in [-0.2, 0) is 16.1 Å². The Morgan fingerprint density at radius 2 is 2.00 bits per heavy atom. The molecule has 1 N–H and O–H groups in total. The fourth-order valence-electron chi connectivity index (χ4n) is 1.11. The Morgan fingerprint density at radius 3 is 2.65 bits per heavy atom. The van der Waals surface area contributed by atoms with Crippen molar-refractivity contribution in [2.45, 2.75) is 13.5 Å². The lowest BCUT2D eigenvalue weighted by Gasteiger charge is -2.05. The summed E-state index contributed by atoms with van der Waals surface area (Å²) in [6.07, 6.45) is -0.625. The van der Waals surface area contributed by atoms with E-state index in [1.807, 2.05) is 30.3 Å². The largest absolute Gasteiger partial charge is 0.445 e. The Morgan fingerprint density at radius 1 is 1.29 bits per heavy atom. The molecule has 0 saturated carbocycles. The molecule has 0 radical (unpaired) electrons. The van der Waals surface area contributed by atoms with Gasteiger partial charge in [0.15, 0.2) is 0 Å². The molecule has 0 unspecified atom stereocenters. The summed E-state index contributed by atoms with van der Waals surface area (Å²) in [7, 11) is 0. The van der Waals surface area contributed by atoms with Crippen LogP contribution in [0.3, 0.4) is 0 Å². The van der Waals surface area contributed by atoms with Crippen molar-refractivity contribution in [3.05, 3.63) is 35.9 Å². The number of alkyl carbamates (subject to hydrolysis) is 1. The molecule has 0 aliphatic carbocycles. The zero-order chi connectivity index (χ0) is 12.5. The summed E-state index contributed by atoms with van der Waals surface area (Å²) in [6.45, 7) is 1.61. The minimum atomic E-state index is -0.625. The van der Waals surface area contributed by atoms with Gasteiger partial charge in [-0.25, -0.2) is 4.79 Å². The first-order valence-electron chi connectivity index (χ1n) is 5.12. The van der Waals surface area contributed by atoms with Gasteiger partial charge >= 0.3 is 6.09 Å². The highest BCUT2D eigenvalue weighted by Gasteiger charge is 2.04. The van der Waals surface area contributed by atoms with Crippen molar-refractivity contribution in [3.8, 4) is 11.8 Å². The van der Waals surface area contributed by atoms with Crippen molar-refractivity contribution in [2.24, 2.45) is 0 Å². The quantitative estimate of drug-likeness (QED) is 0.631. The molecule has 4 heteroatoms. The molecule has 0 saturated heterocycles. The van der Waals surface area contributed by atoms with E-state index in [0.29, 0.717) is 0 Å². The zero-order valence-corrected chi connectivity index (χ0v) is 9.53. The van der Waals surface area contributed by atoms with Crippen molar-refractivity contribution in [2.75, 3.05) is 6.54 Å². The lowest BCUT2D eigenvalue weighted by atomic mass is 10.2. The Kier molecular flexibility index (Phi) is 5.32. The van der Waals surface area contributed by atoms with Crippen molar-refractivity contribution in [1.82, 2.24) is 5.32 Å². The van der Waals surface area contributed by atoms with E-state index in [9.17, 15) is 9.59 Å². The van der Waals surface area contributed by atoms with Gasteiger partial charge < -0.3 is 10.1 Å². The van der Waals surface area contributed by atoms with E-state index in [1.165, 1.54) is 0 Å². The van der Waals surface area contributed by atoms with E-state index in [4.69, 9.17) is 4.74 Å². The summed E-state index contributed by atoms with van der Waals surface area (Å²) in [6, 6.07) is 9.29. The molecule has 88 valence electrons. The fraction of sp³-hybridized carbons (Fsp3) is 0.231. The van der Waals surface area contributed by atoms with Crippen molar-refractivity contribution >= 4 is 11.9 Å². The van der Waals surface area contributed by atoms with Crippen LogP contribution in [0.1, 0.15) is 12.5 Å². The third-order valence-electron chi connectivity index (χ3n) is 1.87. The molecule has 0 fully saturated rings. The van der Waals surface area contributed by atoms with Crippen molar-refractivity contribution < 1.29 is 14.3 Å². The third kappa shape index (κ3) is 5.38. The lowest BCUT2D eigenvalue weighted by Crippen LogP contribution is -2.29. The van der Waals surface area contributed by atoms with E-state index in [1.54, 1.807) is 6.92 Å². The molecular formula is C13H13NO3. The molecule has 0 bridgehead atoms. The van der Waals surface area contributed by atoms with Crippen LogP contribution in [0.2, 0.25) is 0 Å². The third-order valence-corrected chi connectivity index (χ3v) is 1.87. The molecular weight excluding hydrogens is 218 g/mol. The molecule has 0 spiro atoms. The number of carbonyl (C=O) groups excluding carboxylic acids is 2. The fourth-order valence-corrected chi connectivity index (χ4v) is 1.11. The van der Waals surface area contributed by atoms with Gasteiger partial charge in [0.05, 0.1) is 6.54 Å². The first kappa shape index (κ1) is 12.8. The molecule has 0 atom stereocenters. The number of ketones is 1. The maximum Gasteiger partial charge on any atom is 0.407 e. The van der Waals surface area contributed by atoms with Crippen LogP contribution in [0.4, 0.5) is 4.79 Å². The molecule has 17 heavy (non-hydrogen) atoms. The molecule has 0 aliphatic heterocycles. The highest BCUT2D eigenvalue weighted by atomic mass is 16.5. The smallest absolute Gasteiger partial charge is 0.407 e. The van der Waals surface area contributed by atoms with E-state index in [0.717, 1.165) is 5.56 Å². The summed E-state index contributed by atoms with van der Waals surface area (Å²) in [5.74, 6) is 4.43. The number of rotatable bonds is 4. The second-order valence-electron chi connectivity index (χ2n) is 3.21. The highest BCUT2D eigenvalue weighted by molar-refractivity contribution is 5.98. The summed E-state index contributed by atoms with van der Waals surface area (Å²) >= 11 is 0. The second-order valence-corrected chi connectivity index (χ2v) is 3.21. The Bertz CT molecular complexity index is 443. The standard InChI is InChI=1S/C13H13NO3/c1-2-6-12(15)9-14-13(16)17-10-11-7-4-3-5-8-11/h3-5,7-8H,9-10H2,1H3,(H,14,16). The van der Waals surface area contributed by atoms with Crippen LogP contribution in [0.15, 0.2) is 30.3 Å². The van der Waals surface area contributed by atoms with Gasteiger partial charge in [0.2, 0.25) is 5.78 Å². The lowest BCUT2D eigenvalue weighted by molar-refractivity contribution is -0.113. The number of ether oxygens (including phenoxy) is 1. The molecule has 1 rings (SSSR count). The first-order valence-corrected chi connectivity index (χ1v) is 5.12. The number of nitrogens with one attached hydrogen (secondary N) is 1. The van der Waals surface area contributed by atoms with Crippen LogP contribution in [0, 0.1) is 11.8 Å². The van der Waals surface area contributed by atoms with Gasteiger partial charge in [-0.3, -0.25) is 4.79 Å². The Labute approximate surface area is 100.0 Å². The topological polar surface area (TPSA) is 55.4 Å². The van der Waals surface area contributed by atoms with Crippen LogP contribution < -0.4 is 5.32 Å². The Hall–Kier alpha value is -2.28. The normalized spacial score (nSPS) is 8.76. The summed E-state index contributed by atoms with van der Waals surface area (Å²) in [5.41, 5.74) is 0.891. The molecule has 1 aromatic rings. The van der Waals surface area contributed by atoms with Crippen LogP contribution >= 0.6 is 0 Å². The summed E-state index contributed by atoms with van der Waals surface area (Å²) in [5, 5.41) is 2.32. The van der Waals surface area contributed by atoms with Crippen LogP contribution in [0.5, 0.6) is 0 Å². The second kappa shape index (κ2) is 7.07. The van der Waals surface area contributed by atoms with Gasteiger partial charge in [0.25, 0.3) is 0 Å². The molecule has 0 aliphatic rings. The van der Waals surface area contributed by atoms with Crippen molar-refractivity contribution in [3.63, 3.8) is 0 Å². The Balaban J connectivity index is 2.26. The average Bonchev–Trinajstić information content (AvgIpc) is 2.35. The zero-order valence-electron chi connectivity index (χ0n) is 9.53. The maximum absolute atomic E-state index is 11.2. The average molecular weight is 231 g/mol. The van der Waals surface area contributed by atoms with Gasteiger partial charge in [-0.15, -0.1) is 0 Å².